The fourth-order valence-corrected chi connectivity index (χ4v) is 3.61. The molecule has 0 saturated heterocycles. The lowest BCUT2D eigenvalue weighted by Gasteiger charge is -2.46. The molecule has 1 aliphatic heterocycles. The second-order valence-electron chi connectivity index (χ2n) is 7.18. The van der Waals surface area contributed by atoms with Crippen molar-refractivity contribution in [3.63, 3.8) is 0 Å². The number of halogens is 1. The third-order valence-electron chi connectivity index (χ3n) is 5.05. The number of amides is 1. The van der Waals surface area contributed by atoms with Gasteiger partial charge in [-0.05, 0) is 50.6 Å². The molecule has 1 atom stereocenters. The molecule has 0 saturated carbocycles. The molecule has 0 aliphatic carbocycles. The normalized spacial score (nSPS) is 19.8. The van der Waals surface area contributed by atoms with Crippen LogP contribution < -0.4 is 5.32 Å². The van der Waals surface area contributed by atoms with Crippen molar-refractivity contribution in [2.24, 2.45) is 0 Å². The summed E-state index contributed by atoms with van der Waals surface area (Å²) in [6, 6.07) is 16.0. The van der Waals surface area contributed by atoms with Crippen molar-refractivity contribution in [3.05, 3.63) is 64.7 Å². The molecule has 0 spiro atoms. The van der Waals surface area contributed by atoms with Crippen molar-refractivity contribution in [2.45, 2.75) is 38.3 Å². The molecule has 1 heterocycles. The van der Waals surface area contributed by atoms with Crippen LogP contribution in [0.3, 0.4) is 0 Å². The van der Waals surface area contributed by atoms with Crippen LogP contribution in [-0.2, 0) is 11.2 Å². The number of primary amides is 1. The zero-order valence-electron chi connectivity index (χ0n) is 14.4. The minimum atomic E-state index is 0.0412. The van der Waals surface area contributed by atoms with E-state index in [1.165, 1.54) is 11.1 Å². The molecule has 0 unspecified atom stereocenters. The van der Waals surface area contributed by atoms with Crippen LogP contribution in [0.15, 0.2) is 48.5 Å². The average molecular weight is 344 g/mol. The molecule has 2 aromatic carbocycles. The highest BCUT2D eigenvalue weighted by Crippen LogP contribution is 2.38. The molecule has 3 nitrogen and oxygen atoms in total. The van der Waals surface area contributed by atoms with E-state index in [4.69, 9.17) is 11.6 Å². The van der Waals surface area contributed by atoms with E-state index >= 15 is 0 Å². The zero-order valence-corrected chi connectivity index (χ0v) is 15.2. The number of carbonyl (C=O) groups excluding carboxylic acids is 1. The average Bonchev–Trinajstić information content (AvgIpc) is 2.54. The molecule has 2 aromatic rings. The number of quaternary nitrogens is 1. The van der Waals surface area contributed by atoms with Gasteiger partial charge in [0.15, 0.2) is 0 Å². The first-order valence-corrected chi connectivity index (χ1v) is 8.68. The summed E-state index contributed by atoms with van der Waals surface area (Å²) in [4.78, 5) is 15.0. The third-order valence-corrected chi connectivity index (χ3v) is 5.30. The maximum absolute atomic E-state index is 12.6. The van der Waals surface area contributed by atoms with E-state index in [0.717, 1.165) is 12.1 Å². The third kappa shape index (κ3) is 3.54. The van der Waals surface area contributed by atoms with Gasteiger partial charge in [-0.25, -0.2) is 4.79 Å². The van der Waals surface area contributed by atoms with Crippen molar-refractivity contribution in [1.82, 2.24) is 4.90 Å². The highest BCUT2D eigenvalue weighted by Gasteiger charge is 2.38. The first-order chi connectivity index (χ1) is 11.4. The van der Waals surface area contributed by atoms with Gasteiger partial charge in [-0.3, -0.25) is 10.2 Å². The number of hydrogen-bond acceptors (Lipinski definition) is 2. The van der Waals surface area contributed by atoms with Gasteiger partial charge < -0.3 is 0 Å². The van der Waals surface area contributed by atoms with Gasteiger partial charge in [-0.1, -0.05) is 35.9 Å². The van der Waals surface area contributed by atoms with Crippen molar-refractivity contribution in [2.75, 3.05) is 7.05 Å². The van der Waals surface area contributed by atoms with Gasteiger partial charge >= 0.3 is 5.91 Å². The SMILES string of the molecule is CN1[C@@H](CC(=O)[NH2+]c2ccc(Cl)cc2)c2ccccc2CC1(C)C. The molecule has 24 heavy (non-hydrogen) atoms. The first kappa shape index (κ1) is 17.2. The number of nitrogens with zero attached hydrogens (tertiary/aromatic N) is 1. The fraction of sp³-hybridized carbons (Fsp3) is 0.350. The number of hydrogen-bond donors (Lipinski definition) is 1. The van der Waals surface area contributed by atoms with Crippen LogP contribution in [0.4, 0.5) is 5.69 Å². The smallest absolute Gasteiger partial charge is 0.293 e. The number of nitrogens with two attached hydrogens (primary N) is 1. The maximum atomic E-state index is 12.6. The van der Waals surface area contributed by atoms with Crippen molar-refractivity contribution >= 4 is 23.2 Å². The summed E-state index contributed by atoms with van der Waals surface area (Å²) in [5.74, 6) is 0.140. The van der Waals surface area contributed by atoms with Crippen molar-refractivity contribution < 1.29 is 10.1 Å². The molecule has 1 aliphatic rings. The van der Waals surface area contributed by atoms with Crippen LogP contribution in [0, 0.1) is 0 Å². The molecule has 0 radical (unpaired) electrons. The van der Waals surface area contributed by atoms with Crippen LogP contribution in [0.5, 0.6) is 0 Å². The van der Waals surface area contributed by atoms with E-state index in [1.807, 2.05) is 24.3 Å². The number of likely N-dealkylation sites (N-methyl/N-ethyl adjacent to an activating group) is 1. The minimum Gasteiger partial charge on any atom is -0.293 e. The van der Waals surface area contributed by atoms with Gasteiger partial charge in [0.1, 0.15) is 5.69 Å². The Balaban J connectivity index is 1.80. The molecule has 0 aromatic heterocycles. The number of rotatable bonds is 3. The van der Waals surface area contributed by atoms with Gasteiger partial charge in [0.05, 0.1) is 6.42 Å². The van der Waals surface area contributed by atoms with E-state index in [-0.39, 0.29) is 17.5 Å². The summed E-state index contributed by atoms with van der Waals surface area (Å²) in [6.07, 6.45) is 1.49. The summed E-state index contributed by atoms with van der Waals surface area (Å²) >= 11 is 5.91. The Bertz CT molecular complexity index is 740. The summed E-state index contributed by atoms with van der Waals surface area (Å²) in [7, 11) is 2.12. The Kier molecular flexibility index (Phi) is 4.77. The molecular formula is C20H24ClN2O+. The molecule has 126 valence electrons. The zero-order chi connectivity index (χ0) is 17.3. The van der Waals surface area contributed by atoms with Crippen molar-refractivity contribution in [1.29, 1.82) is 0 Å². The van der Waals surface area contributed by atoms with Gasteiger partial charge in [0.25, 0.3) is 0 Å². The Morgan fingerprint density at radius 3 is 2.58 bits per heavy atom. The molecule has 1 amide bonds. The lowest BCUT2D eigenvalue weighted by Crippen LogP contribution is -2.82. The predicted molar refractivity (Wildman–Crippen MR) is 97.4 cm³/mol. The Hall–Kier alpha value is -1.68. The van der Waals surface area contributed by atoms with Gasteiger partial charge in [0, 0.05) is 28.7 Å². The van der Waals surface area contributed by atoms with Crippen LogP contribution >= 0.6 is 11.6 Å². The second kappa shape index (κ2) is 6.67. The molecule has 0 fully saturated rings. The lowest BCUT2D eigenvalue weighted by molar-refractivity contribution is -0.484. The van der Waals surface area contributed by atoms with Gasteiger partial charge in [-0.15, -0.1) is 0 Å². The summed E-state index contributed by atoms with van der Waals surface area (Å²) < 4.78 is 0. The lowest BCUT2D eigenvalue weighted by atomic mass is 9.81. The maximum Gasteiger partial charge on any atom is 0.317 e. The largest absolute Gasteiger partial charge is 0.317 e. The van der Waals surface area contributed by atoms with E-state index in [2.05, 4.69) is 50.1 Å². The van der Waals surface area contributed by atoms with Crippen LogP contribution in [0.2, 0.25) is 5.02 Å². The molecular weight excluding hydrogens is 320 g/mol. The van der Waals surface area contributed by atoms with Gasteiger partial charge in [-0.2, -0.15) is 0 Å². The highest BCUT2D eigenvalue weighted by atomic mass is 35.5. The number of benzene rings is 2. The fourth-order valence-electron chi connectivity index (χ4n) is 3.48. The molecule has 2 N–H and O–H groups in total. The first-order valence-electron chi connectivity index (χ1n) is 8.31. The monoisotopic (exact) mass is 343 g/mol. The van der Waals surface area contributed by atoms with E-state index < -0.39 is 0 Å². The minimum absolute atomic E-state index is 0.0412. The highest BCUT2D eigenvalue weighted by molar-refractivity contribution is 6.30. The predicted octanol–water partition coefficient (Wildman–Crippen LogP) is 3.46. The van der Waals surface area contributed by atoms with Crippen molar-refractivity contribution in [3.8, 4) is 0 Å². The summed E-state index contributed by atoms with van der Waals surface area (Å²) in [6.45, 7) is 4.48. The second-order valence-corrected chi connectivity index (χ2v) is 7.62. The topological polar surface area (TPSA) is 36.9 Å². The number of carbonyl (C=O) groups is 1. The standard InChI is InChI=1S/C20H23ClN2O/c1-20(2)13-14-6-4-5-7-17(14)18(23(20)3)12-19(24)22-16-10-8-15(21)9-11-16/h4-11,18H,12-13H2,1-3H3,(H,22,24)/p+1/t18-/m0/s1. The summed E-state index contributed by atoms with van der Waals surface area (Å²) in [5, 5.41) is 2.40. The van der Waals surface area contributed by atoms with Crippen LogP contribution in [0.25, 0.3) is 0 Å². The van der Waals surface area contributed by atoms with Gasteiger partial charge in [0.2, 0.25) is 0 Å². The summed E-state index contributed by atoms with van der Waals surface area (Å²) in [5.41, 5.74) is 3.57. The molecule has 0 bridgehead atoms. The van der Waals surface area contributed by atoms with E-state index in [1.54, 1.807) is 5.32 Å². The van der Waals surface area contributed by atoms with E-state index in [0.29, 0.717) is 11.4 Å². The number of fused-ring (bicyclic) bond motifs is 1. The molecule has 3 rings (SSSR count). The quantitative estimate of drug-likeness (QED) is 0.866. The Morgan fingerprint density at radius 1 is 1.21 bits per heavy atom. The van der Waals surface area contributed by atoms with E-state index in [9.17, 15) is 4.79 Å². The van der Waals surface area contributed by atoms with Crippen LogP contribution in [-0.4, -0.2) is 23.4 Å². The Morgan fingerprint density at radius 2 is 1.88 bits per heavy atom. The Labute approximate surface area is 148 Å². The van der Waals surface area contributed by atoms with Crippen LogP contribution in [0.1, 0.15) is 37.4 Å². The molecule has 4 heteroatoms.